The Labute approximate surface area is 121 Å². The second kappa shape index (κ2) is 6.86. The van der Waals surface area contributed by atoms with E-state index in [1.54, 1.807) is 0 Å². The molecule has 4 heteroatoms. The van der Waals surface area contributed by atoms with Crippen molar-refractivity contribution in [1.29, 1.82) is 0 Å². The van der Waals surface area contributed by atoms with Crippen LogP contribution in [0.4, 0.5) is 0 Å². The summed E-state index contributed by atoms with van der Waals surface area (Å²) >= 11 is 0. The average molecular weight is 276 g/mol. The highest BCUT2D eigenvalue weighted by atomic mass is 16.5. The summed E-state index contributed by atoms with van der Waals surface area (Å²) in [5, 5.41) is 0. The molecule has 2 rings (SSSR count). The molecular weight excluding hydrogens is 252 g/mol. The van der Waals surface area contributed by atoms with Crippen molar-refractivity contribution in [3.63, 3.8) is 0 Å². The summed E-state index contributed by atoms with van der Waals surface area (Å²) < 4.78 is 5.71. The Kier molecular flexibility index (Phi) is 5.15. The maximum atomic E-state index is 12.8. The molecule has 1 unspecified atom stereocenters. The number of likely N-dealkylation sites (N-methyl/N-ethyl adjacent to an activating group) is 2. The number of piperazine rings is 1. The standard InChI is InChI=1S/C16H24N2O2/c1-4-11-20-15-8-6-5-7-13(15)16(19)14-12-17(2)9-10-18(14)3/h5-8,14H,4,9-12H2,1-3H3. The van der Waals surface area contributed by atoms with Gasteiger partial charge in [0.2, 0.25) is 0 Å². The summed E-state index contributed by atoms with van der Waals surface area (Å²) in [4.78, 5) is 17.1. The fourth-order valence-electron chi connectivity index (χ4n) is 2.48. The normalized spacial score (nSPS) is 20.9. The quantitative estimate of drug-likeness (QED) is 0.769. The molecule has 0 saturated carbocycles. The van der Waals surface area contributed by atoms with Crippen LogP contribution in [0.3, 0.4) is 0 Å². The summed E-state index contributed by atoms with van der Waals surface area (Å²) in [6, 6.07) is 7.49. The lowest BCUT2D eigenvalue weighted by molar-refractivity contribution is 0.0682. The molecule has 0 aliphatic carbocycles. The van der Waals surface area contributed by atoms with Crippen LogP contribution in [0, 0.1) is 0 Å². The van der Waals surface area contributed by atoms with Gasteiger partial charge in [-0.1, -0.05) is 19.1 Å². The van der Waals surface area contributed by atoms with E-state index in [0.29, 0.717) is 17.9 Å². The third kappa shape index (κ3) is 3.38. The minimum absolute atomic E-state index is 0.0832. The van der Waals surface area contributed by atoms with Crippen LogP contribution in [0.25, 0.3) is 0 Å². The third-order valence-corrected chi connectivity index (χ3v) is 3.77. The van der Waals surface area contributed by atoms with E-state index in [4.69, 9.17) is 4.74 Å². The molecule has 0 bridgehead atoms. The van der Waals surface area contributed by atoms with E-state index in [1.807, 2.05) is 31.3 Å². The molecular formula is C16H24N2O2. The molecule has 0 amide bonds. The lowest BCUT2D eigenvalue weighted by atomic mass is 10.00. The van der Waals surface area contributed by atoms with E-state index in [-0.39, 0.29) is 11.8 Å². The number of para-hydroxylation sites is 1. The molecule has 1 atom stereocenters. The number of carbonyl (C=O) groups excluding carboxylic acids is 1. The zero-order valence-electron chi connectivity index (χ0n) is 12.6. The Morgan fingerprint density at radius 2 is 2.05 bits per heavy atom. The predicted octanol–water partition coefficient (Wildman–Crippen LogP) is 1.90. The van der Waals surface area contributed by atoms with Crippen LogP contribution in [0.1, 0.15) is 23.7 Å². The minimum atomic E-state index is -0.0832. The number of nitrogens with zero attached hydrogens (tertiary/aromatic N) is 2. The molecule has 0 radical (unpaired) electrons. The van der Waals surface area contributed by atoms with Gasteiger partial charge in [0.15, 0.2) is 5.78 Å². The van der Waals surface area contributed by atoms with Gasteiger partial charge in [-0.05, 0) is 32.6 Å². The van der Waals surface area contributed by atoms with Crippen LogP contribution >= 0.6 is 0 Å². The second-order valence-corrected chi connectivity index (χ2v) is 5.47. The van der Waals surface area contributed by atoms with E-state index in [2.05, 4.69) is 23.8 Å². The van der Waals surface area contributed by atoms with Gasteiger partial charge in [0.05, 0.1) is 18.2 Å². The van der Waals surface area contributed by atoms with Gasteiger partial charge in [-0.3, -0.25) is 9.69 Å². The van der Waals surface area contributed by atoms with Crippen molar-refractivity contribution in [3.05, 3.63) is 29.8 Å². The van der Waals surface area contributed by atoms with Gasteiger partial charge < -0.3 is 9.64 Å². The van der Waals surface area contributed by atoms with Crippen LogP contribution in [0.15, 0.2) is 24.3 Å². The van der Waals surface area contributed by atoms with E-state index in [1.165, 1.54) is 0 Å². The molecule has 1 aliphatic rings. The highest BCUT2D eigenvalue weighted by molar-refractivity contribution is 6.02. The molecule has 0 aromatic heterocycles. The Hall–Kier alpha value is -1.39. The summed E-state index contributed by atoms with van der Waals surface area (Å²) in [6.07, 6.45) is 0.939. The third-order valence-electron chi connectivity index (χ3n) is 3.77. The number of hydrogen-bond donors (Lipinski definition) is 0. The average Bonchev–Trinajstić information content (AvgIpc) is 2.47. The SMILES string of the molecule is CCCOc1ccccc1C(=O)C1CN(C)CCN1C. The first-order chi connectivity index (χ1) is 9.63. The van der Waals surface area contributed by atoms with E-state index in [0.717, 1.165) is 26.1 Å². The minimum Gasteiger partial charge on any atom is -0.493 e. The molecule has 1 heterocycles. The van der Waals surface area contributed by atoms with E-state index < -0.39 is 0 Å². The van der Waals surface area contributed by atoms with Crippen LogP contribution in [0.2, 0.25) is 0 Å². The zero-order chi connectivity index (χ0) is 14.5. The van der Waals surface area contributed by atoms with Crippen LogP contribution in [-0.4, -0.2) is 62.0 Å². The fraction of sp³-hybridized carbons (Fsp3) is 0.562. The van der Waals surface area contributed by atoms with E-state index >= 15 is 0 Å². The molecule has 20 heavy (non-hydrogen) atoms. The fourth-order valence-corrected chi connectivity index (χ4v) is 2.48. The summed E-state index contributed by atoms with van der Waals surface area (Å²) in [5.41, 5.74) is 0.702. The smallest absolute Gasteiger partial charge is 0.184 e. The van der Waals surface area contributed by atoms with Crippen LogP contribution in [-0.2, 0) is 0 Å². The van der Waals surface area contributed by atoms with Gasteiger partial charge in [0.25, 0.3) is 0 Å². The highest BCUT2D eigenvalue weighted by Crippen LogP contribution is 2.22. The monoisotopic (exact) mass is 276 g/mol. The summed E-state index contributed by atoms with van der Waals surface area (Å²) in [5.74, 6) is 0.867. The van der Waals surface area contributed by atoms with Gasteiger partial charge in [-0.2, -0.15) is 0 Å². The van der Waals surface area contributed by atoms with Crippen LogP contribution in [0.5, 0.6) is 5.75 Å². The molecule has 1 aromatic carbocycles. The van der Waals surface area contributed by atoms with Gasteiger partial charge in [0, 0.05) is 19.6 Å². The number of rotatable bonds is 5. The van der Waals surface area contributed by atoms with Crippen molar-refractivity contribution in [2.45, 2.75) is 19.4 Å². The predicted molar refractivity (Wildman–Crippen MR) is 80.5 cm³/mol. The molecule has 0 N–H and O–H groups in total. The number of hydrogen-bond acceptors (Lipinski definition) is 4. The number of ether oxygens (including phenoxy) is 1. The molecule has 110 valence electrons. The van der Waals surface area contributed by atoms with Gasteiger partial charge in [-0.25, -0.2) is 0 Å². The number of ketones is 1. The largest absolute Gasteiger partial charge is 0.493 e. The highest BCUT2D eigenvalue weighted by Gasteiger charge is 2.30. The molecule has 1 aromatic rings. The maximum absolute atomic E-state index is 12.8. The van der Waals surface area contributed by atoms with Gasteiger partial charge >= 0.3 is 0 Å². The van der Waals surface area contributed by atoms with Crippen molar-refractivity contribution in [1.82, 2.24) is 9.80 Å². The van der Waals surface area contributed by atoms with Crippen molar-refractivity contribution in [2.24, 2.45) is 0 Å². The van der Waals surface area contributed by atoms with Crippen molar-refractivity contribution in [3.8, 4) is 5.75 Å². The topological polar surface area (TPSA) is 32.8 Å². The van der Waals surface area contributed by atoms with Crippen molar-refractivity contribution < 1.29 is 9.53 Å². The lowest BCUT2D eigenvalue weighted by Gasteiger charge is -2.36. The first-order valence-electron chi connectivity index (χ1n) is 7.28. The molecule has 4 nitrogen and oxygen atoms in total. The Balaban J connectivity index is 2.19. The number of Topliss-reactive ketones (excluding diaryl/α,β-unsaturated/α-hetero) is 1. The van der Waals surface area contributed by atoms with Crippen molar-refractivity contribution in [2.75, 3.05) is 40.3 Å². The molecule has 1 aliphatic heterocycles. The molecule has 0 spiro atoms. The number of carbonyl (C=O) groups is 1. The zero-order valence-corrected chi connectivity index (χ0v) is 12.6. The first-order valence-corrected chi connectivity index (χ1v) is 7.28. The summed E-state index contributed by atoms with van der Waals surface area (Å²) in [7, 11) is 4.08. The molecule has 1 saturated heterocycles. The maximum Gasteiger partial charge on any atom is 0.184 e. The van der Waals surface area contributed by atoms with Crippen LogP contribution < -0.4 is 4.74 Å². The van der Waals surface area contributed by atoms with E-state index in [9.17, 15) is 4.79 Å². The Morgan fingerprint density at radius 1 is 1.30 bits per heavy atom. The second-order valence-electron chi connectivity index (χ2n) is 5.47. The molecule has 1 fully saturated rings. The van der Waals surface area contributed by atoms with Gasteiger partial charge in [-0.15, -0.1) is 0 Å². The Bertz CT molecular complexity index is 462. The Morgan fingerprint density at radius 3 is 2.80 bits per heavy atom. The number of benzene rings is 1. The summed E-state index contributed by atoms with van der Waals surface area (Å²) in [6.45, 7) is 5.41. The lowest BCUT2D eigenvalue weighted by Crippen LogP contribution is -2.53. The van der Waals surface area contributed by atoms with Crippen molar-refractivity contribution >= 4 is 5.78 Å². The first kappa shape index (κ1) is 15.0. The van der Waals surface area contributed by atoms with Gasteiger partial charge in [0.1, 0.15) is 5.75 Å².